The van der Waals surface area contributed by atoms with Crippen LogP contribution < -0.4 is 14.8 Å². The molecule has 1 aliphatic rings. The maximum atomic E-state index is 12.4. The highest BCUT2D eigenvalue weighted by Crippen LogP contribution is 2.30. The molecular weight excluding hydrogens is 312 g/mol. The summed E-state index contributed by atoms with van der Waals surface area (Å²) in [5.74, 6) is -2.30. The van der Waals surface area contributed by atoms with Gasteiger partial charge < -0.3 is 19.9 Å². The number of hydrogen-bond acceptors (Lipinski definition) is 4. The van der Waals surface area contributed by atoms with Gasteiger partial charge in [0.15, 0.2) is 11.5 Å². The highest BCUT2D eigenvalue weighted by molar-refractivity contribution is 5.95. The van der Waals surface area contributed by atoms with Gasteiger partial charge in [-0.05, 0) is 31.0 Å². The van der Waals surface area contributed by atoms with Gasteiger partial charge in [0.1, 0.15) is 0 Å². The minimum Gasteiger partial charge on any atom is -0.493 e. The van der Waals surface area contributed by atoms with E-state index in [1.54, 1.807) is 0 Å². The molecule has 0 spiro atoms. The van der Waals surface area contributed by atoms with Crippen molar-refractivity contribution in [2.24, 2.45) is 5.92 Å². The highest BCUT2D eigenvalue weighted by Gasteiger charge is 2.34. The number of carboxylic acids is 1. The summed E-state index contributed by atoms with van der Waals surface area (Å²) in [5, 5.41) is 11.7. The second-order valence-electron chi connectivity index (χ2n) is 5.20. The van der Waals surface area contributed by atoms with Crippen LogP contribution in [0.1, 0.15) is 29.6 Å². The number of methoxy groups -OCH3 is 1. The van der Waals surface area contributed by atoms with Crippen LogP contribution in [-0.2, 0) is 4.79 Å². The molecule has 0 unspecified atom stereocenters. The molecule has 126 valence electrons. The van der Waals surface area contributed by atoms with Gasteiger partial charge in [-0.1, -0.05) is 6.42 Å². The van der Waals surface area contributed by atoms with Gasteiger partial charge in [0.2, 0.25) is 0 Å². The summed E-state index contributed by atoms with van der Waals surface area (Å²) in [5.41, 5.74) is 0.0949. The predicted molar refractivity (Wildman–Crippen MR) is 75.9 cm³/mol. The van der Waals surface area contributed by atoms with Crippen LogP contribution >= 0.6 is 0 Å². The molecule has 8 heteroatoms. The van der Waals surface area contributed by atoms with Crippen molar-refractivity contribution < 1.29 is 33.0 Å². The number of aliphatic carboxylic acids is 1. The average molecular weight is 329 g/mol. The van der Waals surface area contributed by atoms with Gasteiger partial charge >= 0.3 is 12.6 Å². The van der Waals surface area contributed by atoms with Crippen LogP contribution in [0.5, 0.6) is 11.5 Å². The molecule has 0 radical (unpaired) electrons. The van der Waals surface area contributed by atoms with Gasteiger partial charge in [-0.2, -0.15) is 8.78 Å². The Bertz CT molecular complexity index is 593. The molecule has 2 atom stereocenters. The fourth-order valence-corrected chi connectivity index (χ4v) is 2.69. The largest absolute Gasteiger partial charge is 0.493 e. The maximum absolute atomic E-state index is 12.4. The van der Waals surface area contributed by atoms with Crippen molar-refractivity contribution in [2.45, 2.75) is 31.9 Å². The summed E-state index contributed by atoms with van der Waals surface area (Å²) in [4.78, 5) is 23.3. The molecule has 0 saturated heterocycles. The zero-order chi connectivity index (χ0) is 17.0. The molecule has 2 N–H and O–H groups in total. The van der Waals surface area contributed by atoms with Crippen molar-refractivity contribution in [1.29, 1.82) is 0 Å². The molecule has 1 aromatic carbocycles. The summed E-state index contributed by atoms with van der Waals surface area (Å²) < 4.78 is 34.0. The van der Waals surface area contributed by atoms with E-state index >= 15 is 0 Å². The van der Waals surface area contributed by atoms with Crippen molar-refractivity contribution in [3.63, 3.8) is 0 Å². The molecular formula is C15H17F2NO5. The SMILES string of the molecule is COc1ccc(C(=O)N[C@@H]2CCC[C@@H]2C(=O)O)cc1OC(F)F. The molecule has 1 saturated carbocycles. The zero-order valence-electron chi connectivity index (χ0n) is 12.4. The first-order valence-electron chi connectivity index (χ1n) is 7.09. The predicted octanol–water partition coefficient (Wildman–Crippen LogP) is 2.28. The molecule has 23 heavy (non-hydrogen) atoms. The number of hydrogen-bond donors (Lipinski definition) is 2. The van der Waals surface area contributed by atoms with Crippen LogP contribution in [0.15, 0.2) is 18.2 Å². The summed E-state index contributed by atoms with van der Waals surface area (Å²) in [6, 6.07) is 3.42. The Hall–Kier alpha value is -2.38. The number of carbonyl (C=O) groups excluding carboxylic acids is 1. The number of nitrogens with one attached hydrogen (secondary N) is 1. The normalized spacial score (nSPS) is 20.3. The van der Waals surface area contributed by atoms with E-state index in [2.05, 4.69) is 10.1 Å². The quantitative estimate of drug-likeness (QED) is 0.836. The molecule has 1 amide bonds. The Balaban J connectivity index is 2.14. The molecule has 0 aliphatic heterocycles. The van der Waals surface area contributed by atoms with Crippen molar-refractivity contribution in [3.05, 3.63) is 23.8 Å². The number of benzene rings is 1. The zero-order valence-corrected chi connectivity index (χ0v) is 12.4. The first-order valence-corrected chi connectivity index (χ1v) is 7.09. The molecule has 1 aromatic rings. The van der Waals surface area contributed by atoms with Crippen molar-refractivity contribution in [2.75, 3.05) is 7.11 Å². The van der Waals surface area contributed by atoms with Crippen LogP contribution in [0.3, 0.4) is 0 Å². The lowest BCUT2D eigenvalue weighted by Gasteiger charge is -2.18. The Morgan fingerprint density at radius 1 is 1.30 bits per heavy atom. The lowest BCUT2D eigenvalue weighted by Crippen LogP contribution is -2.40. The van der Waals surface area contributed by atoms with E-state index in [-0.39, 0.29) is 17.1 Å². The van der Waals surface area contributed by atoms with Gasteiger partial charge in [-0.25, -0.2) is 0 Å². The number of ether oxygens (including phenoxy) is 2. The van der Waals surface area contributed by atoms with Gasteiger partial charge in [-0.3, -0.25) is 9.59 Å². The van der Waals surface area contributed by atoms with Gasteiger partial charge in [0.25, 0.3) is 5.91 Å². The third kappa shape index (κ3) is 4.08. The first kappa shape index (κ1) is 17.0. The summed E-state index contributed by atoms with van der Waals surface area (Å²) >= 11 is 0. The number of carboxylic acid groups (broad SMARTS) is 1. The minimum atomic E-state index is -3.05. The number of carbonyl (C=O) groups is 2. The van der Waals surface area contributed by atoms with Gasteiger partial charge in [-0.15, -0.1) is 0 Å². The second-order valence-corrected chi connectivity index (χ2v) is 5.20. The van der Waals surface area contributed by atoms with Crippen LogP contribution in [0.25, 0.3) is 0 Å². The van der Waals surface area contributed by atoms with Crippen molar-refractivity contribution in [1.82, 2.24) is 5.32 Å². The van der Waals surface area contributed by atoms with Crippen LogP contribution in [0, 0.1) is 5.92 Å². The minimum absolute atomic E-state index is 0.0751. The third-order valence-electron chi connectivity index (χ3n) is 3.79. The second kappa shape index (κ2) is 7.26. The van der Waals surface area contributed by atoms with E-state index in [1.165, 1.54) is 19.2 Å². The monoisotopic (exact) mass is 329 g/mol. The first-order chi connectivity index (χ1) is 10.9. The van der Waals surface area contributed by atoms with Gasteiger partial charge in [0.05, 0.1) is 13.0 Å². The number of halogens is 2. The number of alkyl halides is 2. The van der Waals surface area contributed by atoms with E-state index < -0.39 is 30.4 Å². The summed E-state index contributed by atoms with van der Waals surface area (Å²) in [6.45, 7) is -3.05. The third-order valence-corrected chi connectivity index (χ3v) is 3.79. The van der Waals surface area contributed by atoms with Crippen molar-refractivity contribution >= 4 is 11.9 Å². The summed E-state index contributed by atoms with van der Waals surface area (Å²) in [7, 11) is 1.30. The number of rotatable bonds is 6. The molecule has 1 fully saturated rings. The topological polar surface area (TPSA) is 84.9 Å². The molecule has 6 nitrogen and oxygen atoms in total. The Morgan fingerprint density at radius 2 is 2.04 bits per heavy atom. The standard InChI is InChI=1S/C15H17F2NO5/c1-22-11-6-5-8(7-12(11)23-15(16)17)13(19)18-10-4-2-3-9(10)14(20)21/h5-7,9-10,15H,2-4H2,1H3,(H,18,19)(H,20,21)/t9-,10+/m0/s1. The molecule has 1 aliphatic carbocycles. The molecule has 0 heterocycles. The fourth-order valence-electron chi connectivity index (χ4n) is 2.69. The highest BCUT2D eigenvalue weighted by atomic mass is 19.3. The van der Waals surface area contributed by atoms with Crippen molar-refractivity contribution in [3.8, 4) is 11.5 Å². The lowest BCUT2D eigenvalue weighted by molar-refractivity contribution is -0.142. The molecule has 0 aromatic heterocycles. The van der Waals surface area contributed by atoms with E-state index in [1.807, 2.05) is 0 Å². The Morgan fingerprint density at radius 3 is 2.65 bits per heavy atom. The van der Waals surface area contributed by atoms with Crippen LogP contribution in [0.2, 0.25) is 0 Å². The van der Waals surface area contributed by atoms with Crippen LogP contribution in [0.4, 0.5) is 8.78 Å². The fraction of sp³-hybridized carbons (Fsp3) is 0.467. The van der Waals surface area contributed by atoms with E-state index in [9.17, 15) is 18.4 Å². The Labute approximate surface area is 131 Å². The maximum Gasteiger partial charge on any atom is 0.387 e. The average Bonchev–Trinajstić information content (AvgIpc) is 2.94. The molecule has 2 rings (SSSR count). The van der Waals surface area contributed by atoms with Crippen LogP contribution in [-0.4, -0.2) is 36.7 Å². The van der Waals surface area contributed by atoms with E-state index in [0.29, 0.717) is 19.3 Å². The smallest absolute Gasteiger partial charge is 0.387 e. The number of amides is 1. The van der Waals surface area contributed by atoms with E-state index in [4.69, 9.17) is 9.84 Å². The summed E-state index contributed by atoms with van der Waals surface area (Å²) in [6.07, 6.45) is 1.78. The van der Waals surface area contributed by atoms with Gasteiger partial charge in [0, 0.05) is 11.6 Å². The Kier molecular flexibility index (Phi) is 5.36. The van der Waals surface area contributed by atoms with E-state index in [0.717, 1.165) is 6.07 Å². The molecule has 0 bridgehead atoms. The lowest BCUT2D eigenvalue weighted by atomic mass is 10.0.